The van der Waals surface area contributed by atoms with Crippen LogP contribution in [-0.2, 0) is 11.3 Å². The highest BCUT2D eigenvalue weighted by Gasteiger charge is 2.05. The van der Waals surface area contributed by atoms with Gasteiger partial charge in [-0.15, -0.1) is 0 Å². The number of nitrogens with zero attached hydrogens (tertiary/aromatic N) is 4. The predicted molar refractivity (Wildman–Crippen MR) is 100 cm³/mol. The van der Waals surface area contributed by atoms with E-state index < -0.39 is 0 Å². The van der Waals surface area contributed by atoms with Gasteiger partial charge in [-0.2, -0.15) is 5.10 Å². The molecule has 25 heavy (non-hydrogen) atoms. The fourth-order valence-corrected chi connectivity index (χ4v) is 2.14. The summed E-state index contributed by atoms with van der Waals surface area (Å²) in [5.41, 5.74) is 1.32. The maximum Gasteiger partial charge on any atom is 0.267 e. The first-order valence-electron chi connectivity index (χ1n) is 8.61. The molecule has 2 aromatic rings. The molecule has 0 aliphatic heterocycles. The van der Waals surface area contributed by atoms with Crippen molar-refractivity contribution in [2.75, 3.05) is 13.2 Å². The minimum Gasteiger partial charge on any atom is -0.369 e. The summed E-state index contributed by atoms with van der Waals surface area (Å²) in [4.78, 5) is 20.3. The van der Waals surface area contributed by atoms with E-state index in [2.05, 4.69) is 33.8 Å². The second kappa shape index (κ2) is 10.4. The van der Waals surface area contributed by atoms with Crippen molar-refractivity contribution in [1.29, 1.82) is 0 Å². The second-order valence-electron chi connectivity index (χ2n) is 5.77. The standard InChI is InChI=1S/C18H23BN4O2/c1-2-3-4-6-11-25-12-7-5-10-23-17(24)9-8-16(22-23)18-20-13-15(19)14-21-18/h8-9,13-14H,2-4,6,10-12,19H2,1H3. The van der Waals surface area contributed by atoms with Gasteiger partial charge < -0.3 is 4.74 Å². The summed E-state index contributed by atoms with van der Waals surface area (Å²) in [6.45, 7) is 3.51. The van der Waals surface area contributed by atoms with Gasteiger partial charge in [0.2, 0.25) is 0 Å². The van der Waals surface area contributed by atoms with Gasteiger partial charge in [-0.1, -0.05) is 43.5 Å². The van der Waals surface area contributed by atoms with Gasteiger partial charge in [0.05, 0.1) is 0 Å². The van der Waals surface area contributed by atoms with E-state index in [1.165, 1.54) is 30.0 Å². The van der Waals surface area contributed by atoms with Crippen molar-refractivity contribution in [3.05, 3.63) is 34.9 Å². The smallest absolute Gasteiger partial charge is 0.267 e. The van der Waals surface area contributed by atoms with Gasteiger partial charge >= 0.3 is 0 Å². The largest absolute Gasteiger partial charge is 0.369 e. The zero-order chi connectivity index (χ0) is 17.9. The minimum absolute atomic E-state index is 0.203. The average Bonchev–Trinajstić information content (AvgIpc) is 2.62. The summed E-state index contributed by atoms with van der Waals surface area (Å²) >= 11 is 0. The van der Waals surface area contributed by atoms with Gasteiger partial charge in [0.15, 0.2) is 5.82 Å². The highest BCUT2D eigenvalue weighted by Crippen LogP contribution is 2.06. The lowest BCUT2D eigenvalue weighted by Crippen LogP contribution is -2.22. The van der Waals surface area contributed by atoms with Crippen molar-refractivity contribution in [1.82, 2.24) is 19.7 Å². The van der Waals surface area contributed by atoms with Crippen molar-refractivity contribution < 1.29 is 4.74 Å². The number of rotatable bonds is 8. The van der Waals surface area contributed by atoms with E-state index in [9.17, 15) is 4.79 Å². The van der Waals surface area contributed by atoms with Crippen molar-refractivity contribution in [2.24, 2.45) is 0 Å². The van der Waals surface area contributed by atoms with E-state index in [1.807, 2.05) is 7.85 Å². The lowest BCUT2D eigenvalue weighted by atomic mass is 10.0. The number of aromatic nitrogens is 4. The van der Waals surface area contributed by atoms with Crippen LogP contribution in [0.15, 0.2) is 29.3 Å². The van der Waals surface area contributed by atoms with Gasteiger partial charge in [0.25, 0.3) is 5.56 Å². The van der Waals surface area contributed by atoms with Crippen LogP contribution in [0.25, 0.3) is 11.5 Å². The van der Waals surface area contributed by atoms with Crippen LogP contribution in [0, 0.1) is 11.8 Å². The molecule has 2 heterocycles. The summed E-state index contributed by atoms with van der Waals surface area (Å²) in [5.74, 6) is 6.32. The monoisotopic (exact) mass is 338 g/mol. The fourth-order valence-electron chi connectivity index (χ4n) is 2.14. The lowest BCUT2D eigenvalue weighted by Gasteiger charge is -2.03. The Bertz CT molecular complexity index is 778. The van der Waals surface area contributed by atoms with Gasteiger partial charge in [0.1, 0.15) is 26.7 Å². The first kappa shape index (κ1) is 18.9. The highest BCUT2D eigenvalue weighted by atomic mass is 16.5. The SMILES string of the molecule is Bc1cnc(-c2ccc(=O)n(CC#CCOCCCCCC)n2)nc1. The van der Waals surface area contributed by atoms with Crippen LogP contribution in [0.3, 0.4) is 0 Å². The third kappa shape index (κ3) is 6.51. The molecule has 2 aromatic heterocycles. The molecular formula is C18H23BN4O2. The molecule has 0 amide bonds. The molecule has 0 saturated carbocycles. The molecule has 6 nitrogen and oxygen atoms in total. The summed E-state index contributed by atoms with van der Waals surface area (Å²) in [6.07, 6.45) is 8.15. The Labute approximate surface area is 149 Å². The molecule has 7 heteroatoms. The van der Waals surface area contributed by atoms with Gasteiger partial charge in [-0.05, 0) is 12.5 Å². The molecule has 0 atom stereocenters. The van der Waals surface area contributed by atoms with E-state index in [0.717, 1.165) is 18.5 Å². The van der Waals surface area contributed by atoms with Crippen molar-refractivity contribution >= 4 is 13.3 Å². The van der Waals surface area contributed by atoms with E-state index in [-0.39, 0.29) is 12.1 Å². The molecule has 0 aliphatic carbocycles. The van der Waals surface area contributed by atoms with Crippen LogP contribution < -0.4 is 11.0 Å². The third-order valence-corrected chi connectivity index (χ3v) is 3.55. The Kier molecular flexibility index (Phi) is 7.87. The van der Waals surface area contributed by atoms with Crippen molar-refractivity contribution in [3.63, 3.8) is 0 Å². The van der Waals surface area contributed by atoms with E-state index >= 15 is 0 Å². The maximum absolute atomic E-state index is 11.9. The average molecular weight is 338 g/mol. The summed E-state index contributed by atoms with van der Waals surface area (Å²) in [7, 11) is 1.92. The van der Waals surface area contributed by atoms with Crippen LogP contribution in [0.4, 0.5) is 0 Å². The molecule has 0 unspecified atom stereocenters. The molecule has 0 aromatic carbocycles. The molecule has 130 valence electrons. The fraction of sp³-hybridized carbons (Fsp3) is 0.444. The van der Waals surface area contributed by atoms with E-state index in [4.69, 9.17) is 4.74 Å². The van der Waals surface area contributed by atoms with E-state index in [1.54, 1.807) is 18.5 Å². The van der Waals surface area contributed by atoms with Gasteiger partial charge in [-0.25, -0.2) is 14.6 Å². The van der Waals surface area contributed by atoms with Crippen LogP contribution >= 0.6 is 0 Å². The molecular weight excluding hydrogens is 315 g/mol. The van der Waals surface area contributed by atoms with Gasteiger partial charge in [0, 0.05) is 25.1 Å². The van der Waals surface area contributed by atoms with Crippen LogP contribution in [0.5, 0.6) is 0 Å². The van der Waals surface area contributed by atoms with Crippen LogP contribution in [0.1, 0.15) is 32.6 Å². The Morgan fingerprint density at radius 3 is 2.72 bits per heavy atom. The zero-order valence-corrected chi connectivity index (χ0v) is 14.9. The van der Waals surface area contributed by atoms with E-state index in [0.29, 0.717) is 18.1 Å². The molecule has 0 spiro atoms. The Morgan fingerprint density at radius 2 is 1.96 bits per heavy atom. The lowest BCUT2D eigenvalue weighted by molar-refractivity contribution is 0.162. The van der Waals surface area contributed by atoms with Gasteiger partial charge in [-0.3, -0.25) is 4.79 Å². The number of hydrogen-bond donors (Lipinski definition) is 0. The minimum atomic E-state index is -0.203. The Morgan fingerprint density at radius 1 is 1.16 bits per heavy atom. The number of hydrogen-bond acceptors (Lipinski definition) is 5. The van der Waals surface area contributed by atoms with Crippen molar-refractivity contribution in [3.8, 4) is 23.4 Å². The molecule has 2 rings (SSSR count). The summed E-state index contributed by atoms with van der Waals surface area (Å²) in [5, 5.41) is 4.28. The normalized spacial score (nSPS) is 10.3. The first-order chi connectivity index (χ1) is 12.2. The number of unbranched alkanes of at least 4 members (excludes halogenated alkanes) is 3. The van der Waals surface area contributed by atoms with Crippen LogP contribution in [-0.4, -0.2) is 40.8 Å². The maximum atomic E-state index is 11.9. The molecule has 0 radical (unpaired) electrons. The summed E-state index contributed by atoms with van der Waals surface area (Å²) < 4.78 is 6.76. The zero-order valence-electron chi connectivity index (χ0n) is 14.9. The van der Waals surface area contributed by atoms with Crippen LogP contribution in [0.2, 0.25) is 0 Å². The molecule has 0 aliphatic rings. The Balaban J connectivity index is 1.88. The third-order valence-electron chi connectivity index (χ3n) is 3.55. The molecule has 0 bridgehead atoms. The predicted octanol–water partition coefficient (Wildman–Crippen LogP) is 0.559. The molecule has 0 saturated heterocycles. The molecule has 0 N–H and O–H groups in total. The highest BCUT2D eigenvalue weighted by molar-refractivity contribution is 6.31. The quantitative estimate of drug-likeness (QED) is 0.400. The second-order valence-corrected chi connectivity index (χ2v) is 5.77. The molecule has 0 fully saturated rings. The summed E-state index contributed by atoms with van der Waals surface area (Å²) in [6, 6.07) is 3.08. The Hall–Kier alpha value is -2.46. The van der Waals surface area contributed by atoms with Crippen molar-refractivity contribution in [2.45, 2.75) is 39.2 Å². The first-order valence-corrected chi connectivity index (χ1v) is 8.61. The topological polar surface area (TPSA) is 69.9 Å². The number of ether oxygens (including phenoxy) is 1.